The summed E-state index contributed by atoms with van der Waals surface area (Å²) < 4.78 is 0. The Balaban J connectivity index is 0.00000225. The molecule has 0 radical (unpaired) electrons. The maximum atomic E-state index is 12.6. The van der Waals surface area contributed by atoms with Crippen LogP contribution >= 0.6 is 12.4 Å². The summed E-state index contributed by atoms with van der Waals surface area (Å²) in [6.45, 7) is 4.11. The van der Waals surface area contributed by atoms with Crippen LogP contribution in [0.15, 0.2) is 24.3 Å². The number of rotatable bonds is 4. The lowest BCUT2D eigenvalue weighted by molar-refractivity contribution is -0.125. The molecule has 2 heterocycles. The van der Waals surface area contributed by atoms with E-state index >= 15 is 0 Å². The number of hydrogen-bond acceptors (Lipinski definition) is 4. The van der Waals surface area contributed by atoms with E-state index in [9.17, 15) is 14.4 Å². The quantitative estimate of drug-likeness (QED) is 0.782. The minimum atomic E-state index is -0.303. The van der Waals surface area contributed by atoms with Crippen molar-refractivity contribution in [1.29, 1.82) is 0 Å². The van der Waals surface area contributed by atoms with E-state index in [2.05, 4.69) is 12.2 Å². The van der Waals surface area contributed by atoms with Gasteiger partial charge in [0.25, 0.3) is 5.91 Å². The Morgan fingerprint density at radius 3 is 2.52 bits per heavy atom. The van der Waals surface area contributed by atoms with Crippen LogP contribution in [0.1, 0.15) is 35.7 Å². The lowest BCUT2D eigenvalue weighted by Crippen LogP contribution is -2.34. The molecule has 136 valence electrons. The molecule has 1 aromatic carbocycles. The molecule has 0 bridgehead atoms. The highest BCUT2D eigenvalue weighted by atomic mass is 35.5. The van der Waals surface area contributed by atoms with Crippen LogP contribution in [0.3, 0.4) is 0 Å². The molecule has 7 heteroatoms. The van der Waals surface area contributed by atoms with Crippen molar-refractivity contribution < 1.29 is 14.4 Å². The predicted octanol–water partition coefficient (Wildman–Crippen LogP) is 1.12. The van der Waals surface area contributed by atoms with Crippen LogP contribution in [-0.2, 0) is 16.0 Å². The van der Waals surface area contributed by atoms with Crippen molar-refractivity contribution in [2.45, 2.75) is 26.2 Å². The third kappa shape index (κ3) is 4.19. The zero-order valence-electron chi connectivity index (χ0n) is 14.3. The molecule has 0 aromatic heterocycles. The highest BCUT2D eigenvalue weighted by molar-refractivity contribution is 6.03. The molecule has 3 rings (SSSR count). The van der Waals surface area contributed by atoms with Crippen molar-refractivity contribution in [3.8, 4) is 0 Å². The predicted molar refractivity (Wildman–Crippen MR) is 96.3 cm³/mol. The van der Waals surface area contributed by atoms with Gasteiger partial charge in [0.2, 0.25) is 11.8 Å². The van der Waals surface area contributed by atoms with E-state index in [1.807, 2.05) is 17.0 Å². The smallest absolute Gasteiger partial charge is 0.253 e. The van der Waals surface area contributed by atoms with Crippen LogP contribution in [0.5, 0.6) is 0 Å². The third-order valence-electron chi connectivity index (χ3n) is 5.09. The summed E-state index contributed by atoms with van der Waals surface area (Å²) in [7, 11) is 0. The number of likely N-dealkylation sites (tertiary alicyclic amines) is 1. The molecular weight excluding hydrogens is 342 g/mol. The minimum Gasteiger partial charge on any atom is -0.338 e. The SMILES string of the molecule is CC1(CN)CCN(C(=O)c2ccc(CC3CC(=O)NC3=O)cc2)C1.Cl. The van der Waals surface area contributed by atoms with Gasteiger partial charge < -0.3 is 10.6 Å². The van der Waals surface area contributed by atoms with E-state index in [1.165, 1.54) is 0 Å². The highest BCUT2D eigenvalue weighted by Crippen LogP contribution is 2.29. The van der Waals surface area contributed by atoms with Gasteiger partial charge in [0, 0.05) is 25.1 Å². The molecular formula is C18H24ClN3O3. The normalized spacial score (nSPS) is 25.7. The molecule has 3 amide bonds. The monoisotopic (exact) mass is 365 g/mol. The molecule has 3 N–H and O–H groups in total. The van der Waals surface area contributed by atoms with Gasteiger partial charge in [-0.05, 0) is 42.5 Å². The second-order valence-corrected chi connectivity index (χ2v) is 7.21. The highest BCUT2D eigenvalue weighted by Gasteiger charge is 2.35. The number of amides is 3. The molecule has 2 atom stereocenters. The molecule has 2 unspecified atom stereocenters. The van der Waals surface area contributed by atoms with Crippen molar-refractivity contribution >= 4 is 30.1 Å². The first-order valence-corrected chi connectivity index (χ1v) is 8.32. The summed E-state index contributed by atoms with van der Waals surface area (Å²) in [5.41, 5.74) is 7.40. The van der Waals surface area contributed by atoms with E-state index in [1.54, 1.807) is 12.1 Å². The van der Waals surface area contributed by atoms with Gasteiger partial charge in [-0.2, -0.15) is 0 Å². The molecule has 2 aliphatic rings. The van der Waals surface area contributed by atoms with Crippen molar-refractivity contribution in [3.05, 3.63) is 35.4 Å². The molecule has 6 nitrogen and oxygen atoms in total. The minimum absolute atomic E-state index is 0. The van der Waals surface area contributed by atoms with Crippen LogP contribution < -0.4 is 11.1 Å². The average molecular weight is 366 g/mol. The van der Waals surface area contributed by atoms with Crippen molar-refractivity contribution in [2.75, 3.05) is 19.6 Å². The molecule has 0 aliphatic carbocycles. The molecule has 0 spiro atoms. The molecule has 2 saturated heterocycles. The first-order chi connectivity index (χ1) is 11.4. The Kier molecular flexibility index (Phi) is 5.85. The standard InChI is InChI=1S/C18H23N3O3.ClH/c1-18(10-19)6-7-21(11-18)17(24)13-4-2-12(3-5-13)8-14-9-15(22)20-16(14)23;/h2-5,14H,6-11,19H2,1H3,(H,20,22,23);1H. The second-order valence-electron chi connectivity index (χ2n) is 7.21. The number of hydrogen-bond donors (Lipinski definition) is 2. The van der Waals surface area contributed by atoms with Gasteiger partial charge >= 0.3 is 0 Å². The van der Waals surface area contributed by atoms with Gasteiger partial charge in [0.05, 0.1) is 5.92 Å². The summed E-state index contributed by atoms with van der Waals surface area (Å²) in [4.78, 5) is 37.3. The number of benzene rings is 1. The van der Waals surface area contributed by atoms with Crippen molar-refractivity contribution in [3.63, 3.8) is 0 Å². The fourth-order valence-corrected chi connectivity index (χ4v) is 3.39. The molecule has 1 aromatic rings. The van der Waals surface area contributed by atoms with Crippen LogP contribution in [0.2, 0.25) is 0 Å². The molecule has 25 heavy (non-hydrogen) atoms. The average Bonchev–Trinajstić information content (AvgIpc) is 3.11. The lowest BCUT2D eigenvalue weighted by Gasteiger charge is -2.22. The lowest BCUT2D eigenvalue weighted by atomic mass is 9.90. The summed E-state index contributed by atoms with van der Waals surface area (Å²) >= 11 is 0. The fraction of sp³-hybridized carbons (Fsp3) is 0.500. The molecule has 0 saturated carbocycles. The maximum Gasteiger partial charge on any atom is 0.253 e. The largest absolute Gasteiger partial charge is 0.338 e. The van der Waals surface area contributed by atoms with Gasteiger partial charge in [-0.3, -0.25) is 19.7 Å². The topological polar surface area (TPSA) is 92.5 Å². The van der Waals surface area contributed by atoms with Crippen LogP contribution in [0.4, 0.5) is 0 Å². The van der Waals surface area contributed by atoms with Crippen molar-refractivity contribution in [2.24, 2.45) is 17.1 Å². The first-order valence-electron chi connectivity index (χ1n) is 8.32. The zero-order valence-corrected chi connectivity index (χ0v) is 15.1. The summed E-state index contributed by atoms with van der Waals surface area (Å²) in [5, 5.41) is 2.32. The number of nitrogens with zero attached hydrogens (tertiary/aromatic N) is 1. The number of nitrogens with two attached hydrogens (primary N) is 1. The van der Waals surface area contributed by atoms with Gasteiger partial charge in [-0.15, -0.1) is 12.4 Å². The fourth-order valence-electron chi connectivity index (χ4n) is 3.39. The molecule has 2 fully saturated rings. The number of carbonyl (C=O) groups is 3. The van der Waals surface area contributed by atoms with E-state index in [4.69, 9.17) is 5.73 Å². The number of nitrogens with one attached hydrogen (secondary N) is 1. The summed E-state index contributed by atoms with van der Waals surface area (Å²) in [5.74, 6) is -0.706. The van der Waals surface area contributed by atoms with Crippen LogP contribution in [0, 0.1) is 11.3 Å². The number of carbonyl (C=O) groups excluding carboxylic acids is 3. The van der Waals surface area contributed by atoms with Crippen LogP contribution in [-0.4, -0.2) is 42.3 Å². The number of halogens is 1. The van der Waals surface area contributed by atoms with E-state index < -0.39 is 0 Å². The van der Waals surface area contributed by atoms with Crippen LogP contribution in [0.25, 0.3) is 0 Å². The van der Waals surface area contributed by atoms with E-state index in [0.717, 1.165) is 18.5 Å². The first kappa shape index (κ1) is 19.4. The van der Waals surface area contributed by atoms with Crippen molar-refractivity contribution in [1.82, 2.24) is 10.2 Å². The van der Waals surface area contributed by atoms with Gasteiger partial charge in [-0.1, -0.05) is 19.1 Å². The summed E-state index contributed by atoms with van der Waals surface area (Å²) in [6.07, 6.45) is 1.68. The zero-order chi connectivity index (χ0) is 17.3. The Hall–Kier alpha value is -1.92. The second kappa shape index (κ2) is 7.54. The van der Waals surface area contributed by atoms with Gasteiger partial charge in [0.1, 0.15) is 0 Å². The summed E-state index contributed by atoms with van der Waals surface area (Å²) in [6, 6.07) is 7.32. The van der Waals surface area contributed by atoms with Gasteiger partial charge in [0.15, 0.2) is 0 Å². The Morgan fingerprint density at radius 1 is 1.32 bits per heavy atom. The van der Waals surface area contributed by atoms with Gasteiger partial charge in [-0.25, -0.2) is 0 Å². The Labute approximate surface area is 153 Å². The number of imide groups is 1. The van der Waals surface area contributed by atoms with E-state index in [0.29, 0.717) is 25.1 Å². The van der Waals surface area contributed by atoms with E-state index in [-0.39, 0.29) is 47.9 Å². The Morgan fingerprint density at radius 2 is 2.00 bits per heavy atom. The molecule has 2 aliphatic heterocycles. The maximum absolute atomic E-state index is 12.6. The Bertz CT molecular complexity index is 677. The third-order valence-corrected chi connectivity index (χ3v) is 5.09.